The number of hydrogen-bond acceptors (Lipinski definition) is 5. The molecule has 0 aliphatic carbocycles. The van der Waals surface area contributed by atoms with Gasteiger partial charge in [0.15, 0.2) is 0 Å². The molecule has 30 heavy (non-hydrogen) atoms. The van der Waals surface area contributed by atoms with Gasteiger partial charge in [-0.25, -0.2) is 9.59 Å². The van der Waals surface area contributed by atoms with Gasteiger partial charge < -0.3 is 20.3 Å². The van der Waals surface area contributed by atoms with E-state index in [1.54, 1.807) is 0 Å². The summed E-state index contributed by atoms with van der Waals surface area (Å²) in [6.07, 6.45) is 2.68. The number of rotatable bonds is 6. The summed E-state index contributed by atoms with van der Waals surface area (Å²) in [7, 11) is 0. The monoisotopic (exact) mass is 412 g/mol. The van der Waals surface area contributed by atoms with Gasteiger partial charge in [0, 0.05) is 31.7 Å². The van der Waals surface area contributed by atoms with Crippen LogP contribution < -0.4 is 5.32 Å². The highest BCUT2D eigenvalue weighted by atomic mass is 16.5. The van der Waals surface area contributed by atoms with Crippen molar-refractivity contribution >= 4 is 11.9 Å². The van der Waals surface area contributed by atoms with Gasteiger partial charge in [-0.2, -0.15) is 0 Å². The Hall–Kier alpha value is -2.74. The molecule has 2 heterocycles. The van der Waals surface area contributed by atoms with E-state index in [2.05, 4.69) is 70.9 Å². The number of piperazine rings is 1. The summed E-state index contributed by atoms with van der Waals surface area (Å²) in [5.74, 6) is -3.65. The summed E-state index contributed by atoms with van der Waals surface area (Å²) >= 11 is 0. The molecule has 2 aliphatic rings. The van der Waals surface area contributed by atoms with E-state index >= 15 is 0 Å². The number of carboxylic acids is 2. The lowest BCUT2D eigenvalue weighted by molar-refractivity contribution is -0.159. The van der Waals surface area contributed by atoms with E-state index in [1.165, 1.54) is 37.1 Å². The van der Waals surface area contributed by atoms with Crippen molar-refractivity contribution in [2.45, 2.75) is 31.0 Å². The summed E-state index contributed by atoms with van der Waals surface area (Å²) in [4.78, 5) is 20.8. The first-order valence-corrected chi connectivity index (χ1v) is 10.2. The van der Waals surface area contributed by atoms with E-state index in [4.69, 9.17) is 24.5 Å². The maximum Gasteiger partial charge on any atom is 0.414 e. The zero-order chi connectivity index (χ0) is 21.3. The van der Waals surface area contributed by atoms with Crippen LogP contribution in [0.15, 0.2) is 60.7 Å². The zero-order valence-corrected chi connectivity index (χ0v) is 16.8. The SMILES string of the molecule is O=C(O)C(=O)O.c1ccc(C(OCCN2CC3CCC(C2)N3)c2ccccc2)cc1. The second-order valence-corrected chi connectivity index (χ2v) is 7.58. The smallest absolute Gasteiger partial charge is 0.414 e. The number of fused-ring (bicyclic) bond motifs is 2. The number of carboxylic acid groups (broad SMARTS) is 2. The molecular formula is C23H28N2O5. The molecule has 3 N–H and O–H groups in total. The highest BCUT2D eigenvalue weighted by molar-refractivity contribution is 6.27. The molecular weight excluding hydrogens is 384 g/mol. The second kappa shape index (κ2) is 10.9. The fraction of sp³-hybridized carbons (Fsp3) is 0.391. The maximum atomic E-state index is 9.10. The van der Waals surface area contributed by atoms with Crippen molar-refractivity contribution in [1.82, 2.24) is 10.2 Å². The molecule has 0 radical (unpaired) electrons. The first-order valence-electron chi connectivity index (χ1n) is 10.2. The molecule has 0 aromatic heterocycles. The molecule has 0 amide bonds. The number of hydrogen-bond donors (Lipinski definition) is 3. The first kappa shape index (κ1) is 22.0. The molecule has 2 fully saturated rings. The largest absolute Gasteiger partial charge is 0.473 e. The van der Waals surface area contributed by atoms with Gasteiger partial charge in [-0.15, -0.1) is 0 Å². The Bertz CT molecular complexity index is 751. The minimum atomic E-state index is -1.82. The minimum absolute atomic E-state index is 0.0204. The number of nitrogens with zero attached hydrogens (tertiary/aromatic N) is 1. The molecule has 2 aliphatic heterocycles. The third-order valence-electron chi connectivity index (χ3n) is 5.37. The van der Waals surface area contributed by atoms with Gasteiger partial charge in [-0.05, 0) is 24.0 Å². The van der Waals surface area contributed by atoms with Crippen molar-refractivity contribution in [1.29, 1.82) is 0 Å². The zero-order valence-electron chi connectivity index (χ0n) is 16.8. The van der Waals surface area contributed by atoms with Crippen molar-refractivity contribution in [3.05, 3.63) is 71.8 Å². The van der Waals surface area contributed by atoms with Crippen LogP contribution in [0.25, 0.3) is 0 Å². The van der Waals surface area contributed by atoms with Crippen LogP contribution in [-0.2, 0) is 14.3 Å². The van der Waals surface area contributed by atoms with Gasteiger partial charge in [0.05, 0.1) is 6.61 Å². The molecule has 7 heteroatoms. The summed E-state index contributed by atoms with van der Waals surface area (Å²) < 4.78 is 6.35. The molecule has 7 nitrogen and oxygen atoms in total. The molecule has 2 saturated heterocycles. The molecule has 4 rings (SSSR count). The number of ether oxygens (including phenoxy) is 1. The highest BCUT2D eigenvalue weighted by Gasteiger charge is 2.31. The number of nitrogens with one attached hydrogen (secondary N) is 1. The average Bonchev–Trinajstić information content (AvgIpc) is 3.11. The van der Waals surface area contributed by atoms with Crippen molar-refractivity contribution in [2.75, 3.05) is 26.2 Å². The van der Waals surface area contributed by atoms with Crippen molar-refractivity contribution in [2.24, 2.45) is 0 Å². The first-order chi connectivity index (χ1) is 14.5. The van der Waals surface area contributed by atoms with Crippen LogP contribution in [0.5, 0.6) is 0 Å². The Balaban J connectivity index is 0.000000377. The van der Waals surface area contributed by atoms with Crippen LogP contribution in [0.4, 0.5) is 0 Å². The van der Waals surface area contributed by atoms with Crippen molar-refractivity contribution in [3.8, 4) is 0 Å². The van der Waals surface area contributed by atoms with Crippen LogP contribution in [0, 0.1) is 0 Å². The normalized spacial score (nSPS) is 20.4. The summed E-state index contributed by atoms with van der Waals surface area (Å²) in [6.45, 7) is 4.13. The molecule has 0 spiro atoms. The quantitative estimate of drug-likeness (QED) is 0.627. The molecule has 2 atom stereocenters. The molecule has 2 bridgehead atoms. The second-order valence-electron chi connectivity index (χ2n) is 7.58. The molecule has 2 aromatic rings. The van der Waals surface area contributed by atoms with E-state index in [0.29, 0.717) is 12.1 Å². The third kappa shape index (κ3) is 6.38. The molecule has 160 valence electrons. The Morgan fingerprint density at radius 1 is 0.900 bits per heavy atom. The van der Waals surface area contributed by atoms with Crippen LogP contribution in [0.2, 0.25) is 0 Å². The Kier molecular flexibility index (Phi) is 7.96. The van der Waals surface area contributed by atoms with Gasteiger partial charge in [-0.1, -0.05) is 60.7 Å². The lowest BCUT2D eigenvalue weighted by Gasteiger charge is -2.33. The highest BCUT2D eigenvalue weighted by Crippen LogP contribution is 2.26. The van der Waals surface area contributed by atoms with Gasteiger partial charge in [0.2, 0.25) is 0 Å². The topological polar surface area (TPSA) is 99.1 Å². The molecule has 0 saturated carbocycles. The van der Waals surface area contributed by atoms with Gasteiger partial charge in [-0.3, -0.25) is 4.90 Å². The van der Waals surface area contributed by atoms with E-state index in [0.717, 1.165) is 13.2 Å². The maximum absolute atomic E-state index is 9.10. The number of benzene rings is 2. The van der Waals surface area contributed by atoms with Crippen LogP contribution in [0.1, 0.15) is 30.1 Å². The van der Waals surface area contributed by atoms with Crippen LogP contribution >= 0.6 is 0 Å². The van der Waals surface area contributed by atoms with Gasteiger partial charge in [0.25, 0.3) is 0 Å². The fourth-order valence-electron chi connectivity index (χ4n) is 4.01. The minimum Gasteiger partial charge on any atom is -0.473 e. The third-order valence-corrected chi connectivity index (χ3v) is 5.37. The average molecular weight is 412 g/mol. The molecule has 2 aromatic carbocycles. The Morgan fingerprint density at radius 3 is 1.80 bits per heavy atom. The summed E-state index contributed by atoms with van der Waals surface area (Å²) in [5, 5.41) is 18.5. The van der Waals surface area contributed by atoms with Crippen LogP contribution in [-0.4, -0.2) is 65.4 Å². The predicted molar refractivity (Wildman–Crippen MR) is 112 cm³/mol. The van der Waals surface area contributed by atoms with Gasteiger partial charge in [0.1, 0.15) is 6.10 Å². The summed E-state index contributed by atoms with van der Waals surface area (Å²) in [5.41, 5.74) is 2.45. The lowest BCUT2D eigenvalue weighted by Crippen LogP contribution is -2.51. The van der Waals surface area contributed by atoms with E-state index in [-0.39, 0.29) is 6.10 Å². The van der Waals surface area contributed by atoms with Gasteiger partial charge >= 0.3 is 11.9 Å². The van der Waals surface area contributed by atoms with Crippen LogP contribution in [0.3, 0.4) is 0 Å². The van der Waals surface area contributed by atoms with Crippen molar-refractivity contribution in [3.63, 3.8) is 0 Å². The van der Waals surface area contributed by atoms with Crippen molar-refractivity contribution < 1.29 is 24.5 Å². The standard InChI is InChI=1S/C21H26N2O.C2H2O4/c1-3-7-17(8-4-1)21(18-9-5-2-6-10-18)24-14-13-23-15-19-11-12-20(16-23)22-19;3-1(4)2(5)6/h1-10,19-22H,11-16H2;(H,3,4)(H,5,6). The number of likely N-dealkylation sites (tertiary alicyclic amines) is 1. The predicted octanol–water partition coefficient (Wildman–Crippen LogP) is 2.38. The number of carbonyl (C=O) groups is 2. The van der Waals surface area contributed by atoms with E-state index in [9.17, 15) is 0 Å². The van der Waals surface area contributed by atoms with E-state index in [1.807, 2.05) is 0 Å². The Morgan fingerprint density at radius 2 is 1.37 bits per heavy atom. The summed E-state index contributed by atoms with van der Waals surface area (Å²) in [6, 6.07) is 22.5. The fourth-order valence-corrected chi connectivity index (χ4v) is 4.01. The van der Waals surface area contributed by atoms with E-state index < -0.39 is 11.9 Å². The number of aliphatic carboxylic acids is 2. The lowest BCUT2D eigenvalue weighted by atomic mass is 10.0. The Labute approximate surface area is 176 Å². The molecule has 2 unspecified atom stereocenters.